The van der Waals surface area contributed by atoms with Gasteiger partial charge in [0.05, 0.1) is 5.71 Å². The van der Waals surface area contributed by atoms with Crippen molar-refractivity contribution < 1.29 is 10.1 Å². The molecule has 0 aliphatic rings. The van der Waals surface area contributed by atoms with Gasteiger partial charge in [-0.25, -0.2) is 0 Å². The average Bonchev–Trinajstić information content (AvgIpc) is 2.38. The lowest BCUT2D eigenvalue weighted by atomic mass is 10.1. The van der Waals surface area contributed by atoms with Crippen molar-refractivity contribution in [2.45, 2.75) is 26.3 Å². The molecule has 0 aliphatic carbocycles. The Kier molecular flexibility index (Phi) is 5.57. The monoisotopic (exact) mass is 247 g/mol. The molecule has 0 radical (unpaired) electrons. The topological polar surface area (TPSA) is 71.0 Å². The quantitative estimate of drug-likeness (QED) is 0.286. The summed E-state index contributed by atoms with van der Waals surface area (Å²) >= 11 is 0. The van der Waals surface area contributed by atoms with Gasteiger partial charge in [0.2, 0.25) is 6.20 Å². The van der Waals surface area contributed by atoms with Gasteiger partial charge in [0, 0.05) is 0 Å². The van der Waals surface area contributed by atoms with E-state index >= 15 is 0 Å². The van der Waals surface area contributed by atoms with Crippen LogP contribution in [0.1, 0.15) is 19.4 Å². The second-order valence-corrected chi connectivity index (χ2v) is 3.91. The Labute approximate surface area is 106 Å². The first-order chi connectivity index (χ1) is 8.63. The fraction of sp³-hybridized carbons (Fsp3) is 0.308. The summed E-state index contributed by atoms with van der Waals surface area (Å²) in [5.41, 5.74) is 1.52. The molecule has 0 spiro atoms. The van der Waals surface area contributed by atoms with Crippen LogP contribution >= 0.6 is 0 Å². The van der Waals surface area contributed by atoms with E-state index in [4.69, 9.17) is 5.21 Å². The Morgan fingerprint density at radius 1 is 1.44 bits per heavy atom. The van der Waals surface area contributed by atoms with Gasteiger partial charge < -0.3 is 10.4 Å². The molecule has 5 heteroatoms. The number of hydrogen-bond donors (Lipinski definition) is 1. The highest BCUT2D eigenvalue weighted by molar-refractivity contribution is 5.86. The largest absolute Gasteiger partial charge is 0.595 e. The minimum Gasteiger partial charge on any atom is -0.595 e. The summed E-state index contributed by atoms with van der Waals surface area (Å²) in [5.74, 6) is 0. The number of benzene rings is 1. The molecule has 0 aliphatic heterocycles. The third kappa shape index (κ3) is 4.78. The predicted molar refractivity (Wildman–Crippen MR) is 69.7 cm³/mol. The second-order valence-electron chi connectivity index (χ2n) is 3.91. The van der Waals surface area contributed by atoms with E-state index in [9.17, 15) is 5.21 Å². The lowest BCUT2D eigenvalue weighted by Gasteiger charge is -2.01. The first-order valence-corrected chi connectivity index (χ1v) is 5.69. The Balaban J connectivity index is 2.54. The molecule has 1 atom stereocenters. The van der Waals surface area contributed by atoms with Crippen LogP contribution in [0.3, 0.4) is 0 Å². The zero-order valence-corrected chi connectivity index (χ0v) is 10.5. The van der Waals surface area contributed by atoms with Crippen molar-refractivity contribution in [1.82, 2.24) is 0 Å². The summed E-state index contributed by atoms with van der Waals surface area (Å²) in [7, 11) is 0. The first-order valence-electron chi connectivity index (χ1n) is 5.69. The van der Waals surface area contributed by atoms with E-state index in [1.54, 1.807) is 19.9 Å². The minimum atomic E-state index is -0.436. The highest BCUT2D eigenvalue weighted by Gasteiger charge is 2.07. The van der Waals surface area contributed by atoms with Gasteiger partial charge in [0.15, 0.2) is 6.04 Å². The van der Waals surface area contributed by atoms with Crippen molar-refractivity contribution in [2.75, 3.05) is 0 Å². The van der Waals surface area contributed by atoms with Gasteiger partial charge in [-0.3, -0.25) is 0 Å². The van der Waals surface area contributed by atoms with E-state index in [0.717, 1.165) is 5.56 Å². The Hall–Kier alpha value is -2.17. The molecule has 0 saturated carbocycles. The summed E-state index contributed by atoms with van der Waals surface area (Å²) < 4.78 is 0. The molecule has 0 amide bonds. The third-order valence-electron chi connectivity index (χ3n) is 2.48. The summed E-state index contributed by atoms with van der Waals surface area (Å²) in [6.45, 7) is 3.29. The zero-order chi connectivity index (χ0) is 13.4. The minimum absolute atomic E-state index is 0.396. The molecule has 0 saturated heterocycles. The molecule has 1 N–H and O–H groups in total. The maximum absolute atomic E-state index is 11.4. The fourth-order valence-corrected chi connectivity index (χ4v) is 1.27. The fourth-order valence-electron chi connectivity index (χ4n) is 1.27. The van der Waals surface area contributed by atoms with Crippen LogP contribution in [0.15, 0.2) is 52.9 Å². The lowest BCUT2D eigenvalue weighted by Crippen LogP contribution is -2.12. The van der Waals surface area contributed by atoms with E-state index in [0.29, 0.717) is 17.0 Å². The number of nitrogens with zero attached hydrogens (tertiary/aromatic N) is 3. The van der Waals surface area contributed by atoms with Gasteiger partial charge in [-0.2, -0.15) is 0 Å². The standard InChI is InChI=1S/C13H17N3O2/c1-11(12(2)15-17)14-16(18)10-6-9-13-7-4-3-5-8-13/h3-8,10-11,17H,9H2,1-2H3. The first kappa shape index (κ1) is 13.9. The van der Waals surface area contributed by atoms with Crippen LogP contribution in [0.5, 0.6) is 0 Å². The highest BCUT2D eigenvalue weighted by atomic mass is 16.5. The molecule has 5 nitrogen and oxygen atoms in total. The third-order valence-corrected chi connectivity index (χ3v) is 2.48. The Morgan fingerprint density at radius 2 is 2.11 bits per heavy atom. The highest BCUT2D eigenvalue weighted by Crippen LogP contribution is 2.00. The Bertz CT molecular complexity index is 453. The van der Waals surface area contributed by atoms with E-state index in [1.807, 2.05) is 30.3 Å². The molecule has 1 aromatic rings. The summed E-state index contributed by atoms with van der Waals surface area (Å²) in [6, 6.07) is 9.39. The van der Waals surface area contributed by atoms with E-state index in [-0.39, 0.29) is 0 Å². The van der Waals surface area contributed by atoms with E-state index < -0.39 is 6.04 Å². The normalized spacial score (nSPS) is 15.0. The molecule has 18 heavy (non-hydrogen) atoms. The number of oxime groups is 1. The molecule has 1 rings (SSSR count). The van der Waals surface area contributed by atoms with Crippen LogP contribution in [0, 0.1) is 5.21 Å². The smallest absolute Gasteiger partial charge is 0.205 e. The SMILES string of the molecule is CC(=NO)C(C)N=[N+]([O-])C=CCc1ccccc1. The molecule has 96 valence electrons. The molecule has 0 heterocycles. The van der Waals surface area contributed by atoms with Gasteiger partial charge in [0.1, 0.15) is 0 Å². The van der Waals surface area contributed by atoms with Crippen LogP contribution in [0.4, 0.5) is 0 Å². The molecule has 1 aromatic carbocycles. The average molecular weight is 247 g/mol. The maximum Gasteiger partial charge on any atom is 0.205 e. The van der Waals surface area contributed by atoms with Crippen LogP contribution in [-0.2, 0) is 6.42 Å². The van der Waals surface area contributed by atoms with Gasteiger partial charge in [-0.05, 0) is 37.0 Å². The van der Waals surface area contributed by atoms with Crippen molar-refractivity contribution in [1.29, 1.82) is 0 Å². The molecule has 0 aromatic heterocycles. The maximum atomic E-state index is 11.4. The van der Waals surface area contributed by atoms with Crippen molar-refractivity contribution in [3.05, 3.63) is 53.4 Å². The molecular weight excluding hydrogens is 230 g/mol. The lowest BCUT2D eigenvalue weighted by molar-refractivity contribution is -0.460. The summed E-state index contributed by atoms with van der Waals surface area (Å²) in [5, 5.41) is 26.7. The molecular formula is C13H17N3O2. The van der Waals surface area contributed by atoms with Crippen molar-refractivity contribution in [2.24, 2.45) is 10.3 Å². The summed E-state index contributed by atoms with van der Waals surface area (Å²) in [4.78, 5) is 0.488. The van der Waals surface area contributed by atoms with Gasteiger partial charge in [0.25, 0.3) is 0 Å². The van der Waals surface area contributed by atoms with Crippen molar-refractivity contribution in [3.8, 4) is 0 Å². The van der Waals surface area contributed by atoms with Crippen molar-refractivity contribution in [3.63, 3.8) is 0 Å². The predicted octanol–water partition coefficient (Wildman–Crippen LogP) is 2.94. The summed E-state index contributed by atoms with van der Waals surface area (Å²) in [6.07, 6.45) is 3.77. The number of hydrogen-bond acceptors (Lipinski definition) is 4. The van der Waals surface area contributed by atoms with E-state index in [2.05, 4.69) is 10.3 Å². The molecule has 0 fully saturated rings. The second kappa shape index (κ2) is 7.21. The van der Waals surface area contributed by atoms with Gasteiger partial charge in [-0.1, -0.05) is 40.3 Å². The van der Waals surface area contributed by atoms with Crippen LogP contribution in [0.2, 0.25) is 0 Å². The Morgan fingerprint density at radius 3 is 2.72 bits per heavy atom. The van der Waals surface area contributed by atoms with Crippen LogP contribution in [-0.4, -0.2) is 21.8 Å². The van der Waals surface area contributed by atoms with Crippen LogP contribution < -0.4 is 0 Å². The number of hydroxylamine groups is 1. The number of azo groups is 1. The zero-order valence-electron chi connectivity index (χ0n) is 10.5. The molecule has 0 bridgehead atoms. The van der Waals surface area contributed by atoms with Gasteiger partial charge in [-0.15, -0.1) is 0 Å². The number of rotatable bonds is 5. The molecule has 1 unspecified atom stereocenters. The van der Waals surface area contributed by atoms with E-state index in [1.165, 1.54) is 6.20 Å². The van der Waals surface area contributed by atoms with Crippen LogP contribution in [0.25, 0.3) is 0 Å². The van der Waals surface area contributed by atoms with Gasteiger partial charge >= 0.3 is 0 Å². The van der Waals surface area contributed by atoms with Crippen molar-refractivity contribution >= 4 is 5.71 Å². The number of allylic oxidation sites excluding steroid dienone is 1.